The number of hydrogen-bond acceptors (Lipinski definition) is 1. The van der Waals surface area contributed by atoms with Gasteiger partial charge in [0.1, 0.15) is 0 Å². The van der Waals surface area contributed by atoms with Crippen LogP contribution in [0.15, 0.2) is 18.2 Å². The van der Waals surface area contributed by atoms with Crippen molar-refractivity contribution in [2.24, 2.45) is 5.73 Å². The molecular formula is C15H22N2. The topological polar surface area (TPSA) is 30.9 Å². The molecule has 1 aromatic rings. The van der Waals surface area contributed by atoms with E-state index in [2.05, 4.69) is 29.7 Å². The third-order valence-electron chi connectivity index (χ3n) is 4.30. The van der Waals surface area contributed by atoms with Gasteiger partial charge in [0.2, 0.25) is 0 Å². The minimum atomic E-state index is 0.276. The average molecular weight is 230 g/mol. The molecule has 0 radical (unpaired) electrons. The van der Waals surface area contributed by atoms with E-state index in [0.717, 1.165) is 6.42 Å². The molecule has 0 fully saturated rings. The average Bonchev–Trinajstić information content (AvgIpc) is 2.68. The van der Waals surface area contributed by atoms with Gasteiger partial charge < -0.3 is 10.3 Å². The van der Waals surface area contributed by atoms with Crippen molar-refractivity contribution in [3.63, 3.8) is 0 Å². The monoisotopic (exact) mass is 230 g/mol. The molecule has 0 amide bonds. The van der Waals surface area contributed by atoms with Gasteiger partial charge in [-0.2, -0.15) is 0 Å². The molecule has 0 saturated heterocycles. The van der Waals surface area contributed by atoms with Crippen LogP contribution < -0.4 is 5.73 Å². The van der Waals surface area contributed by atoms with Gasteiger partial charge in [0.25, 0.3) is 0 Å². The number of hydrogen-bond donors (Lipinski definition) is 1. The van der Waals surface area contributed by atoms with Gasteiger partial charge in [-0.3, -0.25) is 0 Å². The van der Waals surface area contributed by atoms with Crippen molar-refractivity contribution in [2.45, 2.75) is 57.5 Å². The van der Waals surface area contributed by atoms with Crippen LogP contribution in [0.5, 0.6) is 0 Å². The maximum atomic E-state index is 6.23. The van der Waals surface area contributed by atoms with Gasteiger partial charge in [0.05, 0.1) is 0 Å². The Hall–Kier alpha value is -1.02. The zero-order valence-corrected chi connectivity index (χ0v) is 10.7. The molecule has 3 rings (SSSR count). The van der Waals surface area contributed by atoms with E-state index in [0.29, 0.717) is 6.04 Å². The van der Waals surface area contributed by atoms with Gasteiger partial charge >= 0.3 is 0 Å². The van der Waals surface area contributed by atoms with Crippen molar-refractivity contribution >= 4 is 0 Å². The molecule has 1 heterocycles. The van der Waals surface area contributed by atoms with Gasteiger partial charge in [-0.25, -0.2) is 0 Å². The summed E-state index contributed by atoms with van der Waals surface area (Å²) in [6.45, 7) is 2.24. The van der Waals surface area contributed by atoms with E-state index in [9.17, 15) is 0 Å². The fraction of sp³-hybridized carbons (Fsp3) is 0.600. The van der Waals surface area contributed by atoms with E-state index < -0.39 is 0 Å². The third kappa shape index (κ3) is 1.85. The maximum Gasteiger partial charge on any atom is 0.0373 e. The Labute approximate surface area is 104 Å². The van der Waals surface area contributed by atoms with Gasteiger partial charge in [0, 0.05) is 23.5 Å². The van der Waals surface area contributed by atoms with E-state index in [1.807, 2.05) is 0 Å². The maximum absolute atomic E-state index is 6.23. The molecule has 0 saturated carbocycles. The fourth-order valence-electron chi connectivity index (χ4n) is 3.48. The molecule has 0 aromatic carbocycles. The molecule has 2 N–H and O–H groups in total. The van der Waals surface area contributed by atoms with Crippen LogP contribution in [0.2, 0.25) is 0 Å². The second kappa shape index (κ2) is 4.34. The van der Waals surface area contributed by atoms with Crippen molar-refractivity contribution in [2.75, 3.05) is 0 Å². The lowest BCUT2D eigenvalue weighted by atomic mass is 9.93. The molecule has 2 atom stereocenters. The first kappa shape index (κ1) is 11.1. The Morgan fingerprint density at radius 3 is 2.94 bits per heavy atom. The lowest BCUT2D eigenvalue weighted by molar-refractivity contribution is 0.428. The second-order valence-electron chi connectivity index (χ2n) is 5.49. The minimum Gasteiger partial charge on any atom is -0.345 e. The highest BCUT2D eigenvalue weighted by Gasteiger charge is 2.25. The molecule has 2 aliphatic carbocycles. The highest BCUT2D eigenvalue weighted by atomic mass is 15.0. The Balaban J connectivity index is 2.01. The van der Waals surface area contributed by atoms with Crippen molar-refractivity contribution in [3.05, 3.63) is 35.2 Å². The summed E-state index contributed by atoms with van der Waals surface area (Å²) < 4.78 is 2.58. The van der Waals surface area contributed by atoms with E-state index in [-0.39, 0.29) is 6.04 Å². The smallest absolute Gasteiger partial charge is 0.0373 e. The van der Waals surface area contributed by atoms with Crippen molar-refractivity contribution < 1.29 is 0 Å². The summed E-state index contributed by atoms with van der Waals surface area (Å²) in [5.74, 6) is 0. The first-order valence-electron chi connectivity index (χ1n) is 6.88. The summed E-state index contributed by atoms with van der Waals surface area (Å²) in [7, 11) is 0. The van der Waals surface area contributed by atoms with Gasteiger partial charge in [-0.1, -0.05) is 12.2 Å². The van der Waals surface area contributed by atoms with Crippen LogP contribution in [0.4, 0.5) is 0 Å². The molecular weight excluding hydrogens is 208 g/mol. The van der Waals surface area contributed by atoms with Crippen LogP contribution in [0, 0.1) is 6.92 Å². The number of aromatic nitrogens is 1. The normalized spacial score (nSPS) is 28.1. The Morgan fingerprint density at radius 1 is 1.29 bits per heavy atom. The molecule has 0 spiro atoms. The van der Waals surface area contributed by atoms with E-state index in [1.165, 1.54) is 49.1 Å². The SMILES string of the molecule is Cc1cc2c(n1C1CC=CCC1)CCCC2N. The number of nitrogens with zero attached hydrogens (tertiary/aromatic N) is 1. The molecule has 0 bridgehead atoms. The summed E-state index contributed by atoms with van der Waals surface area (Å²) in [6, 6.07) is 3.28. The number of rotatable bonds is 1. The molecule has 2 unspecified atom stereocenters. The van der Waals surface area contributed by atoms with Gasteiger partial charge in [0.15, 0.2) is 0 Å². The van der Waals surface area contributed by atoms with Crippen LogP contribution in [-0.2, 0) is 6.42 Å². The lowest BCUT2D eigenvalue weighted by Crippen LogP contribution is -2.21. The van der Waals surface area contributed by atoms with Crippen molar-refractivity contribution in [3.8, 4) is 0 Å². The lowest BCUT2D eigenvalue weighted by Gasteiger charge is -2.27. The molecule has 17 heavy (non-hydrogen) atoms. The minimum absolute atomic E-state index is 0.276. The number of allylic oxidation sites excluding steroid dienone is 2. The molecule has 2 aliphatic rings. The zero-order chi connectivity index (χ0) is 11.8. The third-order valence-corrected chi connectivity index (χ3v) is 4.30. The van der Waals surface area contributed by atoms with Crippen molar-refractivity contribution in [1.82, 2.24) is 4.57 Å². The van der Waals surface area contributed by atoms with Crippen LogP contribution in [-0.4, -0.2) is 4.57 Å². The summed E-state index contributed by atoms with van der Waals surface area (Å²) in [6.07, 6.45) is 12.0. The summed E-state index contributed by atoms with van der Waals surface area (Å²) in [5, 5.41) is 0. The van der Waals surface area contributed by atoms with Crippen LogP contribution in [0.3, 0.4) is 0 Å². The zero-order valence-electron chi connectivity index (χ0n) is 10.7. The Morgan fingerprint density at radius 2 is 2.18 bits per heavy atom. The highest BCUT2D eigenvalue weighted by molar-refractivity contribution is 5.33. The standard InChI is InChI=1S/C15H22N2/c1-11-10-13-14(16)8-5-9-15(13)17(11)12-6-3-2-4-7-12/h2-3,10,12,14H,4-9,16H2,1H3. The van der Waals surface area contributed by atoms with Gasteiger partial charge in [-0.15, -0.1) is 0 Å². The summed E-state index contributed by atoms with van der Waals surface area (Å²) in [5.41, 5.74) is 10.6. The molecule has 1 aromatic heterocycles. The first-order valence-corrected chi connectivity index (χ1v) is 6.88. The molecule has 2 nitrogen and oxygen atoms in total. The summed E-state index contributed by atoms with van der Waals surface area (Å²) >= 11 is 0. The van der Waals surface area contributed by atoms with E-state index in [1.54, 1.807) is 0 Å². The molecule has 2 heteroatoms. The highest BCUT2D eigenvalue weighted by Crippen LogP contribution is 2.35. The predicted molar refractivity (Wildman–Crippen MR) is 71.1 cm³/mol. The number of fused-ring (bicyclic) bond motifs is 1. The molecule has 92 valence electrons. The largest absolute Gasteiger partial charge is 0.345 e. The fourth-order valence-corrected chi connectivity index (χ4v) is 3.48. The van der Waals surface area contributed by atoms with E-state index >= 15 is 0 Å². The van der Waals surface area contributed by atoms with E-state index in [4.69, 9.17) is 5.73 Å². The van der Waals surface area contributed by atoms with Gasteiger partial charge in [-0.05, 0) is 57.1 Å². The number of aryl methyl sites for hydroxylation is 1. The van der Waals surface area contributed by atoms with Crippen molar-refractivity contribution in [1.29, 1.82) is 0 Å². The summed E-state index contributed by atoms with van der Waals surface area (Å²) in [4.78, 5) is 0. The van der Waals surface area contributed by atoms with Crippen LogP contribution in [0.1, 0.15) is 61.1 Å². The first-order chi connectivity index (χ1) is 8.27. The Bertz CT molecular complexity index is 442. The number of nitrogens with two attached hydrogens (primary N) is 1. The molecule has 0 aliphatic heterocycles. The Kier molecular flexibility index (Phi) is 2.83. The van der Waals surface area contributed by atoms with Crippen LogP contribution >= 0.6 is 0 Å². The predicted octanol–water partition coefficient (Wildman–Crippen LogP) is 3.41. The van der Waals surface area contributed by atoms with Crippen LogP contribution in [0.25, 0.3) is 0 Å². The quantitative estimate of drug-likeness (QED) is 0.736. The second-order valence-corrected chi connectivity index (χ2v) is 5.49.